The zero-order valence-electron chi connectivity index (χ0n) is 9.71. The number of aromatic amines is 1. The second-order valence-electron chi connectivity index (χ2n) is 4.62. The van der Waals surface area contributed by atoms with Gasteiger partial charge in [0.05, 0.1) is 12.2 Å². The van der Waals surface area contributed by atoms with Crippen LogP contribution in [-0.4, -0.2) is 51.3 Å². The fourth-order valence-electron chi connectivity index (χ4n) is 2.30. The lowest BCUT2D eigenvalue weighted by atomic mass is 10.1. The molecule has 1 amide bonds. The van der Waals surface area contributed by atoms with Gasteiger partial charge in [0.1, 0.15) is 0 Å². The molecule has 0 unspecified atom stereocenters. The average molecular weight is 246 g/mol. The molecule has 3 N–H and O–H groups in total. The normalized spacial score (nSPS) is 23.8. The summed E-state index contributed by atoms with van der Waals surface area (Å²) in [5.41, 5.74) is 1.47. The van der Waals surface area contributed by atoms with Gasteiger partial charge in [0.25, 0.3) is 5.91 Å². The van der Waals surface area contributed by atoms with Crippen LogP contribution in [0.3, 0.4) is 0 Å². The summed E-state index contributed by atoms with van der Waals surface area (Å²) < 4.78 is 0. The molecule has 2 aromatic rings. The maximum Gasteiger partial charge on any atom is 0.254 e. The van der Waals surface area contributed by atoms with Crippen molar-refractivity contribution in [1.82, 2.24) is 9.88 Å². The van der Waals surface area contributed by atoms with E-state index in [1.165, 1.54) is 4.90 Å². The topological polar surface area (TPSA) is 76.6 Å². The number of carbonyl (C=O) groups is 1. The fourth-order valence-corrected chi connectivity index (χ4v) is 2.30. The molecule has 0 bridgehead atoms. The average Bonchev–Trinajstić information content (AvgIpc) is 2.95. The number of β-amino-alcohol motifs (C(OH)–C–C–N with tert-alkyl or cyclic N) is 2. The van der Waals surface area contributed by atoms with E-state index in [2.05, 4.69) is 4.98 Å². The van der Waals surface area contributed by atoms with Crippen LogP contribution in [0.5, 0.6) is 0 Å². The third-order valence-electron chi connectivity index (χ3n) is 3.35. The van der Waals surface area contributed by atoms with Crippen LogP contribution in [0.15, 0.2) is 30.5 Å². The lowest BCUT2D eigenvalue weighted by Gasteiger charge is -2.15. The Morgan fingerprint density at radius 2 is 1.94 bits per heavy atom. The number of nitrogens with one attached hydrogen (secondary N) is 1. The highest BCUT2D eigenvalue weighted by atomic mass is 16.3. The summed E-state index contributed by atoms with van der Waals surface area (Å²) in [7, 11) is 0. The summed E-state index contributed by atoms with van der Waals surface area (Å²) in [4.78, 5) is 16.7. The van der Waals surface area contributed by atoms with Crippen molar-refractivity contribution in [3.05, 3.63) is 36.0 Å². The van der Waals surface area contributed by atoms with Gasteiger partial charge in [0.15, 0.2) is 0 Å². The summed E-state index contributed by atoms with van der Waals surface area (Å²) in [6.45, 7) is 0.367. The minimum absolute atomic E-state index is 0.165. The number of aliphatic hydroxyl groups is 2. The van der Waals surface area contributed by atoms with Crippen molar-refractivity contribution < 1.29 is 15.0 Å². The van der Waals surface area contributed by atoms with Gasteiger partial charge in [-0.25, -0.2) is 0 Å². The Balaban J connectivity index is 1.87. The first kappa shape index (κ1) is 11.3. The summed E-state index contributed by atoms with van der Waals surface area (Å²) in [5, 5.41) is 20.0. The van der Waals surface area contributed by atoms with Crippen LogP contribution in [0.25, 0.3) is 10.9 Å². The first-order valence-corrected chi connectivity index (χ1v) is 5.88. The van der Waals surface area contributed by atoms with Gasteiger partial charge in [-0.15, -0.1) is 0 Å². The Hall–Kier alpha value is -1.85. The van der Waals surface area contributed by atoms with Gasteiger partial charge in [-0.3, -0.25) is 4.79 Å². The zero-order chi connectivity index (χ0) is 12.7. The number of carbonyl (C=O) groups excluding carboxylic acids is 1. The molecular weight excluding hydrogens is 232 g/mol. The van der Waals surface area contributed by atoms with Crippen molar-refractivity contribution in [2.75, 3.05) is 13.1 Å². The first-order chi connectivity index (χ1) is 8.65. The largest absolute Gasteiger partial charge is 0.388 e. The van der Waals surface area contributed by atoms with Crippen LogP contribution in [0.1, 0.15) is 10.4 Å². The molecule has 1 aliphatic heterocycles. The van der Waals surface area contributed by atoms with E-state index in [0.29, 0.717) is 5.56 Å². The molecule has 5 nitrogen and oxygen atoms in total. The Kier molecular flexibility index (Phi) is 2.57. The number of aliphatic hydroxyl groups excluding tert-OH is 2. The van der Waals surface area contributed by atoms with Crippen molar-refractivity contribution in [2.24, 2.45) is 0 Å². The van der Waals surface area contributed by atoms with Crippen molar-refractivity contribution in [3.8, 4) is 0 Å². The van der Waals surface area contributed by atoms with Crippen molar-refractivity contribution >= 4 is 16.8 Å². The third-order valence-corrected chi connectivity index (χ3v) is 3.35. The van der Waals surface area contributed by atoms with E-state index in [4.69, 9.17) is 0 Å². The molecule has 1 aromatic carbocycles. The molecule has 2 atom stereocenters. The Morgan fingerprint density at radius 3 is 2.67 bits per heavy atom. The maximum atomic E-state index is 12.2. The van der Waals surface area contributed by atoms with Gasteiger partial charge in [0.2, 0.25) is 0 Å². The van der Waals surface area contributed by atoms with Crippen LogP contribution in [0.4, 0.5) is 0 Å². The van der Waals surface area contributed by atoms with Crippen molar-refractivity contribution in [2.45, 2.75) is 12.2 Å². The quantitative estimate of drug-likeness (QED) is 0.679. The molecule has 1 saturated heterocycles. The first-order valence-electron chi connectivity index (χ1n) is 5.88. The van der Waals surface area contributed by atoms with Crippen LogP contribution >= 0.6 is 0 Å². The van der Waals surface area contributed by atoms with Gasteiger partial charge in [-0.05, 0) is 23.6 Å². The number of H-pyrrole nitrogens is 1. The molecule has 5 heteroatoms. The summed E-state index contributed by atoms with van der Waals surface area (Å²) in [5.74, 6) is -0.165. The van der Waals surface area contributed by atoms with Crippen molar-refractivity contribution in [1.29, 1.82) is 0 Å². The Morgan fingerprint density at radius 1 is 1.22 bits per heavy atom. The van der Waals surface area contributed by atoms with E-state index < -0.39 is 12.2 Å². The highest BCUT2D eigenvalue weighted by Crippen LogP contribution is 2.18. The Labute approximate surface area is 104 Å². The molecule has 2 heterocycles. The standard InChI is InChI=1S/C13H14N2O3/c16-11-6-15(7-12(11)17)13(18)9-2-1-8-3-4-14-10(8)5-9/h1-5,11-12,14,16-17H,6-7H2/t11-,12+. The lowest BCUT2D eigenvalue weighted by Crippen LogP contribution is -2.29. The molecule has 94 valence electrons. The van der Waals surface area contributed by atoms with E-state index in [9.17, 15) is 15.0 Å². The van der Waals surface area contributed by atoms with Gasteiger partial charge in [0, 0.05) is 30.4 Å². The van der Waals surface area contributed by atoms with Gasteiger partial charge < -0.3 is 20.1 Å². The van der Waals surface area contributed by atoms with Crippen LogP contribution < -0.4 is 0 Å². The SMILES string of the molecule is O=C(c1ccc2cc[nH]c2c1)N1C[C@@H](O)[C@@H](O)C1. The van der Waals surface area contributed by atoms with E-state index in [1.54, 1.807) is 12.1 Å². The molecule has 3 rings (SSSR count). The molecule has 0 radical (unpaired) electrons. The minimum atomic E-state index is -0.844. The highest BCUT2D eigenvalue weighted by Gasteiger charge is 2.32. The lowest BCUT2D eigenvalue weighted by molar-refractivity contribution is 0.0572. The number of benzene rings is 1. The predicted molar refractivity (Wildman–Crippen MR) is 66.2 cm³/mol. The Bertz CT molecular complexity index is 583. The number of fused-ring (bicyclic) bond motifs is 1. The second kappa shape index (κ2) is 4.12. The summed E-state index contributed by atoms with van der Waals surface area (Å²) >= 11 is 0. The number of hydrogen-bond donors (Lipinski definition) is 3. The number of amides is 1. The number of likely N-dealkylation sites (tertiary alicyclic amines) is 1. The smallest absolute Gasteiger partial charge is 0.254 e. The van der Waals surface area contributed by atoms with Crippen molar-refractivity contribution in [3.63, 3.8) is 0 Å². The number of nitrogens with zero attached hydrogens (tertiary/aromatic N) is 1. The maximum absolute atomic E-state index is 12.2. The van der Waals surface area contributed by atoms with Crippen LogP contribution in [-0.2, 0) is 0 Å². The van der Waals surface area contributed by atoms with Gasteiger partial charge >= 0.3 is 0 Å². The molecule has 1 aliphatic rings. The molecular formula is C13H14N2O3. The number of hydrogen-bond acceptors (Lipinski definition) is 3. The second-order valence-corrected chi connectivity index (χ2v) is 4.62. The van der Waals surface area contributed by atoms with Gasteiger partial charge in [-0.1, -0.05) is 6.07 Å². The molecule has 1 aromatic heterocycles. The summed E-state index contributed by atoms with van der Waals surface area (Å²) in [6, 6.07) is 7.36. The predicted octanol–water partition coefficient (Wildman–Crippen LogP) is 0.346. The number of rotatable bonds is 1. The highest BCUT2D eigenvalue weighted by molar-refractivity contribution is 5.98. The minimum Gasteiger partial charge on any atom is -0.388 e. The van der Waals surface area contributed by atoms with Gasteiger partial charge in [-0.2, -0.15) is 0 Å². The van der Waals surface area contributed by atoms with E-state index >= 15 is 0 Å². The molecule has 1 fully saturated rings. The fraction of sp³-hybridized carbons (Fsp3) is 0.308. The third kappa shape index (κ3) is 1.77. The van der Waals surface area contributed by atoms with E-state index in [1.807, 2.05) is 18.3 Å². The molecule has 0 aliphatic carbocycles. The number of aromatic nitrogens is 1. The van der Waals surface area contributed by atoms with Crippen LogP contribution in [0.2, 0.25) is 0 Å². The van der Waals surface area contributed by atoms with E-state index in [-0.39, 0.29) is 19.0 Å². The zero-order valence-corrected chi connectivity index (χ0v) is 9.71. The molecule has 18 heavy (non-hydrogen) atoms. The monoisotopic (exact) mass is 246 g/mol. The van der Waals surface area contributed by atoms with E-state index in [0.717, 1.165) is 10.9 Å². The summed E-state index contributed by atoms with van der Waals surface area (Å²) in [6.07, 6.45) is 0.133. The molecule has 0 spiro atoms. The van der Waals surface area contributed by atoms with Crippen LogP contribution in [0, 0.1) is 0 Å². The molecule has 0 saturated carbocycles.